The molecule has 0 aliphatic rings. The van der Waals surface area contributed by atoms with Gasteiger partial charge in [0.15, 0.2) is 0 Å². The molecule has 0 heterocycles. The molecule has 122 valence electrons. The Morgan fingerprint density at radius 1 is 0.792 bits per heavy atom. The summed E-state index contributed by atoms with van der Waals surface area (Å²) in [6, 6.07) is 24.6. The molecular formula is C20H18FNOS. The molecule has 0 saturated heterocycles. The van der Waals surface area contributed by atoms with Crippen molar-refractivity contribution in [1.82, 2.24) is 0 Å². The summed E-state index contributed by atoms with van der Waals surface area (Å²) in [6.07, 6.45) is 0. The first-order valence-corrected chi connectivity index (χ1v) is 9.10. The number of aryl methyl sites for hydroxylation is 1. The lowest BCUT2D eigenvalue weighted by Crippen LogP contribution is -2.02. The van der Waals surface area contributed by atoms with Crippen molar-refractivity contribution >= 4 is 10.1 Å². The number of halogens is 1. The van der Waals surface area contributed by atoms with Gasteiger partial charge in [0, 0.05) is 0 Å². The van der Waals surface area contributed by atoms with Gasteiger partial charge in [0.2, 0.25) is 10.1 Å². The van der Waals surface area contributed by atoms with E-state index in [-0.39, 0.29) is 4.90 Å². The van der Waals surface area contributed by atoms with Crippen molar-refractivity contribution in [2.75, 3.05) is 0 Å². The first kappa shape index (κ1) is 16.4. The van der Waals surface area contributed by atoms with Crippen molar-refractivity contribution in [2.45, 2.75) is 17.9 Å². The van der Waals surface area contributed by atoms with Gasteiger partial charge < -0.3 is 0 Å². The second-order valence-corrected chi connectivity index (χ2v) is 7.20. The van der Waals surface area contributed by atoms with E-state index < -0.39 is 16.2 Å². The quantitative estimate of drug-likeness (QED) is 0.577. The van der Waals surface area contributed by atoms with Crippen LogP contribution >= 0.6 is 0 Å². The Balaban J connectivity index is 2.12. The lowest BCUT2D eigenvalue weighted by atomic mass is 10.00. The summed E-state index contributed by atoms with van der Waals surface area (Å²) in [5.74, 6) is 0. The highest BCUT2D eigenvalue weighted by Crippen LogP contribution is 2.30. The zero-order chi connectivity index (χ0) is 17.0. The molecule has 1 unspecified atom stereocenters. The van der Waals surface area contributed by atoms with Crippen molar-refractivity contribution in [2.24, 2.45) is 4.36 Å². The monoisotopic (exact) mass is 339 g/mol. The molecule has 1 atom stereocenters. The Morgan fingerprint density at radius 3 is 1.71 bits per heavy atom. The van der Waals surface area contributed by atoms with Crippen LogP contribution in [0.25, 0.3) is 0 Å². The van der Waals surface area contributed by atoms with Crippen molar-refractivity contribution < 1.29 is 8.09 Å². The molecule has 0 bridgehead atoms. The maximum absolute atomic E-state index is 14.9. The van der Waals surface area contributed by atoms with Crippen LogP contribution in [0.4, 0.5) is 3.89 Å². The molecule has 0 radical (unpaired) electrons. The third-order valence-corrected chi connectivity index (χ3v) is 5.12. The van der Waals surface area contributed by atoms with Crippen LogP contribution in [-0.4, -0.2) is 4.21 Å². The van der Waals surface area contributed by atoms with Gasteiger partial charge in [-0.25, -0.2) is 4.21 Å². The normalized spacial score (nSPS) is 13.5. The summed E-state index contributed by atoms with van der Waals surface area (Å²) < 4.78 is 31.7. The molecule has 0 aromatic heterocycles. The number of nitrogens with zero attached hydrogens (tertiary/aromatic N) is 1. The fraction of sp³-hybridized carbons (Fsp3) is 0.100. The van der Waals surface area contributed by atoms with Crippen LogP contribution < -0.4 is 0 Å². The van der Waals surface area contributed by atoms with Gasteiger partial charge in [-0.1, -0.05) is 78.4 Å². The van der Waals surface area contributed by atoms with E-state index in [1.807, 2.05) is 67.6 Å². The van der Waals surface area contributed by atoms with Crippen molar-refractivity contribution in [3.63, 3.8) is 0 Å². The molecule has 0 fully saturated rings. The van der Waals surface area contributed by atoms with E-state index in [0.29, 0.717) is 0 Å². The highest BCUT2D eigenvalue weighted by atomic mass is 32.3. The third kappa shape index (κ3) is 3.71. The molecule has 3 aromatic rings. The van der Waals surface area contributed by atoms with E-state index in [2.05, 4.69) is 4.36 Å². The summed E-state index contributed by atoms with van der Waals surface area (Å²) in [5.41, 5.74) is 2.60. The minimum absolute atomic E-state index is 0.102. The predicted octanol–water partition coefficient (Wildman–Crippen LogP) is 5.50. The molecule has 24 heavy (non-hydrogen) atoms. The first-order valence-electron chi connectivity index (χ1n) is 7.69. The average Bonchev–Trinajstić information content (AvgIpc) is 2.62. The van der Waals surface area contributed by atoms with Crippen LogP contribution in [-0.2, 0) is 10.1 Å². The summed E-state index contributed by atoms with van der Waals surface area (Å²) in [6.45, 7) is 1.90. The van der Waals surface area contributed by atoms with Crippen LogP contribution in [0.15, 0.2) is 94.2 Å². The van der Waals surface area contributed by atoms with Gasteiger partial charge >= 0.3 is 0 Å². The van der Waals surface area contributed by atoms with Gasteiger partial charge in [-0.15, -0.1) is 3.89 Å². The zero-order valence-corrected chi connectivity index (χ0v) is 14.1. The molecular weight excluding hydrogens is 321 g/mol. The first-order chi connectivity index (χ1) is 11.6. The van der Waals surface area contributed by atoms with Crippen LogP contribution in [0, 0.1) is 6.92 Å². The Bertz CT molecular complexity index is 875. The molecule has 4 heteroatoms. The summed E-state index contributed by atoms with van der Waals surface area (Å²) in [5, 5.41) is 0. The maximum atomic E-state index is 14.9. The number of hydrogen-bond acceptors (Lipinski definition) is 2. The van der Waals surface area contributed by atoms with Gasteiger partial charge in [0.25, 0.3) is 0 Å². The Morgan fingerprint density at radius 2 is 1.25 bits per heavy atom. The standard InChI is InChI=1S/C20H18FNOS/c1-16-12-14-19(15-13-16)24(21,23)22-20(17-8-4-2-5-9-17)18-10-6-3-7-11-18/h2-15,20H,1H3. The van der Waals surface area contributed by atoms with Crippen LogP contribution in [0.1, 0.15) is 22.7 Å². The summed E-state index contributed by atoms with van der Waals surface area (Å²) >= 11 is 0. The number of hydrogen-bond donors (Lipinski definition) is 0. The van der Waals surface area contributed by atoms with E-state index in [4.69, 9.17) is 0 Å². The Kier molecular flexibility index (Phi) is 4.76. The molecule has 3 aromatic carbocycles. The van der Waals surface area contributed by atoms with Gasteiger partial charge in [0.05, 0.1) is 4.90 Å². The third-order valence-electron chi connectivity index (χ3n) is 3.78. The molecule has 0 saturated carbocycles. The topological polar surface area (TPSA) is 29.4 Å². The second kappa shape index (κ2) is 6.97. The molecule has 0 N–H and O–H groups in total. The van der Waals surface area contributed by atoms with Crippen LogP contribution in [0.5, 0.6) is 0 Å². The smallest absolute Gasteiger partial charge is 0.211 e. The lowest BCUT2D eigenvalue weighted by molar-refractivity contribution is 0.632. The van der Waals surface area contributed by atoms with Crippen molar-refractivity contribution in [1.29, 1.82) is 0 Å². The van der Waals surface area contributed by atoms with Crippen LogP contribution in [0.2, 0.25) is 0 Å². The molecule has 0 aliphatic heterocycles. The molecule has 0 spiro atoms. The van der Waals surface area contributed by atoms with Crippen LogP contribution in [0.3, 0.4) is 0 Å². The summed E-state index contributed by atoms with van der Waals surface area (Å²) in [4.78, 5) is 0.102. The Hall–Kier alpha value is -2.46. The highest BCUT2D eigenvalue weighted by Gasteiger charge is 2.18. The minimum atomic E-state index is -4.00. The second-order valence-electron chi connectivity index (χ2n) is 5.60. The minimum Gasteiger partial charge on any atom is -0.211 e. The molecule has 3 rings (SSSR count). The molecule has 2 nitrogen and oxygen atoms in total. The fourth-order valence-corrected chi connectivity index (χ4v) is 3.60. The van der Waals surface area contributed by atoms with E-state index in [1.54, 1.807) is 12.1 Å². The van der Waals surface area contributed by atoms with Crippen molar-refractivity contribution in [3.05, 3.63) is 102 Å². The average molecular weight is 339 g/mol. The lowest BCUT2D eigenvalue weighted by Gasteiger charge is -2.14. The van der Waals surface area contributed by atoms with E-state index in [0.717, 1.165) is 16.7 Å². The van der Waals surface area contributed by atoms with Gasteiger partial charge in [0.1, 0.15) is 6.04 Å². The summed E-state index contributed by atoms with van der Waals surface area (Å²) in [7, 11) is -4.00. The fourth-order valence-electron chi connectivity index (χ4n) is 2.49. The van der Waals surface area contributed by atoms with E-state index in [1.165, 1.54) is 12.1 Å². The number of benzene rings is 3. The van der Waals surface area contributed by atoms with E-state index in [9.17, 15) is 8.09 Å². The van der Waals surface area contributed by atoms with Crippen molar-refractivity contribution in [3.8, 4) is 0 Å². The molecule has 0 aliphatic carbocycles. The maximum Gasteiger partial charge on any atom is 0.231 e. The van der Waals surface area contributed by atoms with Gasteiger partial charge in [-0.2, -0.15) is 4.36 Å². The zero-order valence-electron chi connectivity index (χ0n) is 13.3. The predicted molar refractivity (Wildman–Crippen MR) is 95.9 cm³/mol. The SMILES string of the molecule is Cc1ccc(S(=O)(F)=NC(c2ccccc2)c2ccccc2)cc1. The largest absolute Gasteiger partial charge is 0.231 e. The highest BCUT2D eigenvalue weighted by molar-refractivity contribution is 7.88. The number of rotatable bonds is 4. The van der Waals surface area contributed by atoms with E-state index >= 15 is 0 Å². The van der Waals surface area contributed by atoms with Gasteiger partial charge in [-0.05, 0) is 30.2 Å². The Labute approximate surface area is 142 Å². The van der Waals surface area contributed by atoms with Gasteiger partial charge in [-0.3, -0.25) is 0 Å². The molecule has 0 amide bonds.